The first-order chi connectivity index (χ1) is 13.3. The van der Waals surface area contributed by atoms with Crippen molar-refractivity contribution >= 4 is 32.6 Å². The predicted octanol–water partition coefficient (Wildman–Crippen LogP) is 2.78. The monoisotopic (exact) mass is 404 g/mol. The van der Waals surface area contributed by atoms with Crippen LogP contribution in [0.5, 0.6) is 5.75 Å². The van der Waals surface area contributed by atoms with Crippen LogP contribution in [0, 0.1) is 0 Å². The number of carboxylic acids is 1. The van der Waals surface area contributed by atoms with Gasteiger partial charge in [-0.15, -0.1) is 0 Å². The number of fused-ring (bicyclic) bond motifs is 1. The summed E-state index contributed by atoms with van der Waals surface area (Å²) in [4.78, 5) is 11.6. The summed E-state index contributed by atoms with van der Waals surface area (Å²) in [5.41, 5.74) is 0.781. The maximum absolute atomic E-state index is 13.3. The van der Waals surface area contributed by atoms with Crippen molar-refractivity contribution in [3.05, 3.63) is 54.2 Å². The van der Waals surface area contributed by atoms with Gasteiger partial charge in [0.1, 0.15) is 23.1 Å². The number of benzene rings is 2. The highest BCUT2D eigenvalue weighted by atomic mass is 32.2. The van der Waals surface area contributed by atoms with Crippen LogP contribution in [-0.2, 0) is 21.5 Å². The zero-order valence-electron chi connectivity index (χ0n) is 15.6. The molecule has 3 aromatic rings. The zero-order valence-corrected chi connectivity index (χ0v) is 16.4. The third-order valence-electron chi connectivity index (χ3n) is 4.42. The zero-order chi connectivity index (χ0) is 20.5. The number of rotatable bonds is 7. The molecule has 1 heterocycles. The third-order valence-corrected chi connectivity index (χ3v) is 6.23. The van der Waals surface area contributed by atoms with E-state index in [1.807, 2.05) is 0 Å². The van der Waals surface area contributed by atoms with Gasteiger partial charge in [-0.05, 0) is 24.3 Å². The fourth-order valence-corrected chi connectivity index (χ4v) is 4.47. The molecule has 148 valence electrons. The topological polar surface area (TPSA) is 98.1 Å². The van der Waals surface area contributed by atoms with Gasteiger partial charge >= 0.3 is 5.97 Å². The number of sulfonamides is 1. The Morgan fingerprint density at radius 3 is 2.50 bits per heavy atom. The van der Waals surface area contributed by atoms with Crippen molar-refractivity contribution in [1.82, 2.24) is 4.57 Å². The fraction of sp³-hybridized carbons (Fsp3) is 0.211. The van der Waals surface area contributed by atoms with Crippen molar-refractivity contribution in [2.75, 3.05) is 25.6 Å². The fourth-order valence-electron chi connectivity index (χ4n) is 3.11. The molecule has 0 aliphatic carbocycles. The molecular formula is C19H20N2O6S. The standard InChI is InChI=1S/C19H20N2O6S/c1-20(28(24,25)17-10-5-4-9-16(17)27-3)14-8-6-7-13-11-15(19(22)23)21(12-26-2)18(13)14/h4-11H,12H2,1-3H3,(H,22,23). The van der Waals surface area contributed by atoms with Crippen molar-refractivity contribution in [1.29, 1.82) is 0 Å². The van der Waals surface area contributed by atoms with Crippen LogP contribution in [0.25, 0.3) is 10.9 Å². The molecule has 9 heteroatoms. The average molecular weight is 404 g/mol. The first-order valence-electron chi connectivity index (χ1n) is 8.29. The van der Waals surface area contributed by atoms with E-state index in [9.17, 15) is 18.3 Å². The molecule has 0 radical (unpaired) electrons. The Bertz CT molecular complexity index is 1140. The van der Waals surface area contributed by atoms with Crippen LogP contribution in [0.15, 0.2) is 53.4 Å². The molecular weight excluding hydrogens is 384 g/mol. The molecule has 0 bridgehead atoms. The lowest BCUT2D eigenvalue weighted by Crippen LogP contribution is -2.27. The molecule has 8 nitrogen and oxygen atoms in total. The number of methoxy groups -OCH3 is 2. The number of carboxylic acid groups (broad SMARTS) is 1. The molecule has 2 aromatic carbocycles. The molecule has 28 heavy (non-hydrogen) atoms. The maximum Gasteiger partial charge on any atom is 0.352 e. The summed E-state index contributed by atoms with van der Waals surface area (Å²) < 4.78 is 39.4. The normalized spacial score (nSPS) is 11.5. The number of anilines is 1. The van der Waals surface area contributed by atoms with Crippen LogP contribution in [0.4, 0.5) is 5.69 Å². The Hall–Kier alpha value is -3.04. The summed E-state index contributed by atoms with van der Waals surface area (Å²) >= 11 is 0. The lowest BCUT2D eigenvalue weighted by atomic mass is 10.2. The molecule has 0 fully saturated rings. The van der Waals surface area contributed by atoms with E-state index in [0.29, 0.717) is 16.6 Å². The Morgan fingerprint density at radius 1 is 1.14 bits per heavy atom. The molecule has 0 unspecified atom stereocenters. The molecule has 0 aliphatic rings. The Labute approximate surface area is 162 Å². The molecule has 1 aromatic heterocycles. The van der Waals surface area contributed by atoms with Gasteiger partial charge in [-0.25, -0.2) is 13.2 Å². The second-order valence-electron chi connectivity index (χ2n) is 6.02. The average Bonchev–Trinajstić information content (AvgIpc) is 3.06. The Balaban J connectivity index is 2.24. The second kappa shape index (κ2) is 7.53. The molecule has 0 spiro atoms. The van der Waals surface area contributed by atoms with E-state index >= 15 is 0 Å². The number of hydrogen-bond acceptors (Lipinski definition) is 5. The number of nitrogens with zero attached hydrogens (tertiary/aromatic N) is 2. The molecule has 0 amide bonds. The van der Waals surface area contributed by atoms with Crippen LogP contribution in [0.3, 0.4) is 0 Å². The van der Waals surface area contributed by atoms with Gasteiger partial charge in [-0.2, -0.15) is 0 Å². The summed E-state index contributed by atoms with van der Waals surface area (Å²) in [6.07, 6.45) is 0. The minimum Gasteiger partial charge on any atom is -0.495 e. The van der Waals surface area contributed by atoms with Gasteiger partial charge in [0, 0.05) is 19.5 Å². The van der Waals surface area contributed by atoms with Crippen molar-refractivity contribution in [2.24, 2.45) is 0 Å². The van der Waals surface area contributed by atoms with E-state index in [1.54, 1.807) is 36.4 Å². The quantitative estimate of drug-likeness (QED) is 0.650. The lowest BCUT2D eigenvalue weighted by molar-refractivity contribution is 0.0664. The van der Waals surface area contributed by atoms with E-state index < -0.39 is 16.0 Å². The summed E-state index contributed by atoms with van der Waals surface area (Å²) in [7, 11) is 0.296. The number of para-hydroxylation sites is 2. The summed E-state index contributed by atoms with van der Waals surface area (Å²) in [6.45, 7) is -0.0370. The molecule has 0 aliphatic heterocycles. The maximum atomic E-state index is 13.3. The van der Waals surface area contributed by atoms with Gasteiger partial charge < -0.3 is 19.1 Å². The minimum atomic E-state index is -3.96. The van der Waals surface area contributed by atoms with Crippen LogP contribution < -0.4 is 9.04 Å². The van der Waals surface area contributed by atoms with Crippen molar-refractivity contribution < 1.29 is 27.8 Å². The first kappa shape index (κ1) is 19.7. The van der Waals surface area contributed by atoms with E-state index in [1.165, 1.54) is 38.0 Å². The molecule has 0 saturated carbocycles. The minimum absolute atomic E-state index is 0.00684. The molecule has 1 N–H and O–H groups in total. The Kier molecular flexibility index (Phi) is 5.30. The summed E-state index contributed by atoms with van der Waals surface area (Å²) in [6, 6.07) is 12.8. The molecule has 0 saturated heterocycles. The third kappa shape index (κ3) is 3.19. The van der Waals surface area contributed by atoms with Crippen molar-refractivity contribution in [3.63, 3.8) is 0 Å². The van der Waals surface area contributed by atoms with E-state index in [0.717, 1.165) is 4.31 Å². The van der Waals surface area contributed by atoms with E-state index in [4.69, 9.17) is 9.47 Å². The van der Waals surface area contributed by atoms with E-state index in [2.05, 4.69) is 0 Å². The van der Waals surface area contributed by atoms with Crippen molar-refractivity contribution in [2.45, 2.75) is 11.6 Å². The van der Waals surface area contributed by atoms with Crippen molar-refractivity contribution in [3.8, 4) is 5.75 Å². The van der Waals surface area contributed by atoms with Gasteiger partial charge in [-0.3, -0.25) is 4.31 Å². The van der Waals surface area contributed by atoms with Gasteiger partial charge in [-0.1, -0.05) is 24.3 Å². The number of aromatic carboxylic acids is 1. The SMILES string of the molecule is COCn1c(C(=O)O)cc2cccc(N(C)S(=O)(=O)c3ccccc3OC)c21. The van der Waals surface area contributed by atoms with Crippen LogP contribution in [-0.4, -0.2) is 45.3 Å². The first-order valence-corrected chi connectivity index (χ1v) is 9.73. The summed E-state index contributed by atoms with van der Waals surface area (Å²) in [5, 5.41) is 10.1. The molecule has 3 rings (SSSR count). The van der Waals surface area contributed by atoms with Crippen LogP contribution >= 0.6 is 0 Å². The van der Waals surface area contributed by atoms with Crippen LogP contribution in [0.1, 0.15) is 10.5 Å². The molecule has 0 atom stereocenters. The van der Waals surface area contributed by atoms with Gasteiger partial charge in [0.2, 0.25) is 0 Å². The predicted molar refractivity (Wildman–Crippen MR) is 104 cm³/mol. The largest absolute Gasteiger partial charge is 0.495 e. The van der Waals surface area contributed by atoms with Gasteiger partial charge in [0.05, 0.1) is 18.3 Å². The van der Waals surface area contributed by atoms with E-state index in [-0.39, 0.29) is 23.1 Å². The van der Waals surface area contributed by atoms with Gasteiger partial charge in [0.15, 0.2) is 0 Å². The highest BCUT2D eigenvalue weighted by Crippen LogP contribution is 2.34. The highest BCUT2D eigenvalue weighted by molar-refractivity contribution is 7.93. The summed E-state index contributed by atoms with van der Waals surface area (Å²) in [5.74, 6) is -0.908. The Morgan fingerprint density at radius 2 is 1.86 bits per heavy atom. The van der Waals surface area contributed by atoms with Crippen LogP contribution in [0.2, 0.25) is 0 Å². The second-order valence-corrected chi connectivity index (χ2v) is 7.96. The number of aromatic nitrogens is 1. The number of ether oxygens (including phenoxy) is 2. The lowest BCUT2D eigenvalue weighted by Gasteiger charge is -2.22. The number of carbonyl (C=O) groups is 1. The van der Waals surface area contributed by atoms with Gasteiger partial charge in [0.25, 0.3) is 10.0 Å². The smallest absolute Gasteiger partial charge is 0.352 e. The number of hydrogen-bond donors (Lipinski definition) is 1. The highest BCUT2D eigenvalue weighted by Gasteiger charge is 2.28.